The predicted molar refractivity (Wildman–Crippen MR) is 140 cm³/mol. The van der Waals surface area contributed by atoms with Gasteiger partial charge in [-0.1, -0.05) is 30.3 Å². The van der Waals surface area contributed by atoms with Crippen molar-refractivity contribution in [2.24, 2.45) is 4.99 Å². The summed E-state index contributed by atoms with van der Waals surface area (Å²) < 4.78 is 25.9. The van der Waals surface area contributed by atoms with Crippen LogP contribution in [-0.4, -0.2) is 53.0 Å². The summed E-state index contributed by atoms with van der Waals surface area (Å²) in [5.74, 6) is 0.715. The van der Waals surface area contributed by atoms with Gasteiger partial charge >= 0.3 is 0 Å². The third-order valence-corrected chi connectivity index (χ3v) is 7.57. The molecule has 1 aliphatic rings. The Kier molecular flexibility index (Phi) is 10.7. The molecule has 7 nitrogen and oxygen atoms in total. The van der Waals surface area contributed by atoms with E-state index in [0.29, 0.717) is 12.6 Å². The van der Waals surface area contributed by atoms with E-state index in [1.54, 1.807) is 18.4 Å². The Bertz CT molecular complexity index is 929. The predicted octanol–water partition coefficient (Wildman–Crippen LogP) is 2.92. The Labute approximate surface area is 206 Å². The summed E-state index contributed by atoms with van der Waals surface area (Å²) in [7, 11) is -0.0856. The van der Waals surface area contributed by atoms with Crippen molar-refractivity contribution in [1.29, 1.82) is 0 Å². The third-order valence-electron chi connectivity index (χ3n) is 5.26. The number of nitrogens with zero attached hydrogens (tertiary/aromatic N) is 2. The van der Waals surface area contributed by atoms with Crippen LogP contribution in [0.1, 0.15) is 34.9 Å². The van der Waals surface area contributed by atoms with Crippen LogP contribution in [-0.2, 0) is 22.3 Å². The van der Waals surface area contributed by atoms with Gasteiger partial charge in [0.1, 0.15) is 0 Å². The highest BCUT2D eigenvalue weighted by atomic mass is 127. The maximum Gasteiger partial charge on any atom is 0.215 e. The molecule has 1 aromatic heterocycles. The molecule has 0 bridgehead atoms. The number of nitrogens with one attached hydrogen (secondary N) is 3. The van der Waals surface area contributed by atoms with E-state index in [1.807, 2.05) is 24.3 Å². The minimum Gasteiger partial charge on any atom is -0.354 e. The Balaban J connectivity index is 0.00000341. The van der Waals surface area contributed by atoms with Crippen LogP contribution in [0.4, 0.5) is 0 Å². The Hall–Kier alpha value is -1.21. The number of thiophene rings is 1. The summed E-state index contributed by atoms with van der Waals surface area (Å²) in [4.78, 5) is 8.26. The molecule has 1 atom stereocenters. The first-order valence-corrected chi connectivity index (χ1v) is 12.7. The van der Waals surface area contributed by atoms with Crippen molar-refractivity contribution in [3.63, 3.8) is 0 Å². The second-order valence-electron chi connectivity index (χ2n) is 7.36. The van der Waals surface area contributed by atoms with Crippen molar-refractivity contribution in [2.75, 3.05) is 33.7 Å². The average Bonchev–Trinajstić information content (AvgIpc) is 3.45. The molecular weight excluding hydrogens is 545 g/mol. The first kappa shape index (κ1) is 26.0. The summed E-state index contributed by atoms with van der Waals surface area (Å²) >= 11 is 1.80. The molecule has 1 saturated heterocycles. The molecule has 10 heteroatoms. The zero-order chi connectivity index (χ0) is 21.4. The standard InChI is InChI=1S/C21H31N5O2S2.HI/c1-22-21(24-14-17-7-5-8-18(13-17)16-30(27,28)23-2)25-15-19(20-9-6-12-29-20)26-10-3-4-11-26;/h5-9,12-13,19,23H,3-4,10-11,14-16H2,1-2H3,(H2,22,24,25);1H. The van der Waals surface area contributed by atoms with Crippen molar-refractivity contribution in [3.8, 4) is 0 Å². The van der Waals surface area contributed by atoms with E-state index in [2.05, 4.69) is 42.8 Å². The molecule has 2 aromatic rings. The van der Waals surface area contributed by atoms with Gasteiger partial charge in [0.2, 0.25) is 10.0 Å². The highest BCUT2D eigenvalue weighted by molar-refractivity contribution is 14.0. The Morgan fingerprint density at radius 3 is 2.55 bits per heavy atom. The van der Waals surface area contributed by atoms with Crippen LogP contribution < -0.4 is 15.4 Å². The molecule has 3 N–H and O–H groups in total. The third kappa shape index (κ3) is 8.01. The van der Waals surface area contributed by atoms with Gasteiger partial charge in [0, 0.05) is 25.0 Å². The minimum atomic E-state index is -3.28. The molecular formula is C21H32IN5O2S2. The van der Waals surface area contributed by atoms with Crippen molar-refractivity contribution in [3.05, 3.63) is 57.8 Å². The largest absolute Gasteiger partial charge is 0.354 e. The molecule has 31 heavy (non-hydrogen) atoms. The maximum atomic E-state index is 11.8. The van der Waals surface area contributed by atoms with E-state index >= 15 is 0 Å². The van der Waals surface area contributed by atoms with E-state index in [4.69, 9.17) is 0 Å². The minimum absolute atomic E-state index is 0. The number of hydrogen-bond donors (Lipinski definition) is 3. The van der Waals surface area contributed by atoms with Gasteiger partial charge in [0.25, 0.3) is 0 Å². The zero-order valence-electron chi connectivity index (χ0n) is 18.0. The Morgan fingerprint density at radius 1 is 1.16 bits per heavy atom. The van der Waals surface area contributed by atoms with Crippen LogP contribution in [0, 0.1) is 0 Å². The van der Waals surface area contributed by atoms with Gasteiger partial charge in [-0.2, -0.15) is 0 Å². The van der Waals surface area contributed by atoms with Crippen LogP contribution in [0.15, 0.2) is 46.8 Å². The summed E-state index contributed by atoms with van der Waals surface area (Å²) in [5.41, 5.74) is 1.77. The maximum absolute atomic E-state index is 11.8. The number of guanidine groups is 1. The lowest BCUT2D eigenvalue weighted by Gasteiger charge is -2.27. The first-order chi connectivity index (χ1) is 14.5. The second kappa shape index (κ2) is 12.7. The molecule has 0 aliphatic carbocycles. The molecule has 1 aliphatic heterocycles. The highest BCUT2D eigenvalue weighted by Gasteiger charge is 2.24. The topological polar surface area (TPSA) is 85.8 Å². The number of likely N-dealkylation sites (tertiary alicyclic amines) is 1. The fourth-order valence-electron chi connectivity index (χ4n) is 3.66. The van der Waals surface area contributed by atoms with E-state index in [0.717, 1.165) is 36.7 Å². The number of benzene rings is 1. The van der Waals surface area contributed by atoms with Crippen LogP contribution >= 0.6 is 35.3 Å². The van der Waals surface area contributed by atoms with Gasteiger partial charge in [-0.3, -0.25) is 9.89 Å². The monoisotopic (exact) mass is 577 g/mol. The smallest absolute Gasteiger partial charge is 0.215 e. The lowest BCUT2D eigenvalue weighted by molar-refractivity contribution is 0.249. The van der Waals surface area contributed by atoms with Gasteiger partial charge < -0.3 is 10.6 Å². The van der Waals surface area contributed by atoms with E-state index in [-0.39, 0.29) is 29.7 Å². The quantitative estimate of drug-likeness (QED) is 0.243. The molecule has 172 valence electrons. The first-order valence-electron chi connectivity index (χ1n) is 10.2. The second-order valence-corrected chi connectivity index (χ2v) is 10.3. The van der Waals surface area contributed by atoms with Gasteiger partial charge in [-0.05, 0) is 55.6 Å². The highest BCUT2D eigenvalue weighted by Crippen LogP contribution is 2.27. The number of aliphatic imine (C=N–C) groups is 1. The van der Waals surface area contributed by atoms with Crippen LogP contribution in [0.5, 0.6) is 0 Å². The molecule has 1 fully saturated rings. The number of halogens is 1. The normalized spacial score (nSPS) is 16.0. The van der Waals surface area contributed by atoms with Gasteiger partial charge in [0.05, 0.1) is 11.8 Å². The molecule has 2 heterocycles. The van der Waals surface area contributed by atoms with Crippen molar-refractivity contribution in [2.45, 2.75) is 31.2 Å². The lowest BCUT2D eigenvalue weighted by Crippen LogP contribution is -2.42. The zero-order valence-corrected chi connectivity index (χ0v) is 22.0. The molecule has 0 spiro atoms. The van der Waals surface area contributed by atoms with E-state index < -0.39 is 10.0 Å². The summed E-state index contributed by atoms with van der Waals surface area (Å²) in [6.07, 6.45) is 2.52. The van der Waals surface area contributed by atoms with Crippen LogP contribution in [0.3, 0.4) is 0 Å². The van der Waals surface area contributed by atoms with Crippen LogP contribution in [0.25, 0.3) is 0 Å². The molecule has 1 aromatic carbocycles. The van der Waals surface area contributed by atoms with Gasteiger partial charge in [-0.25, -0.2) is 13.1 Å². The molecule has 1 unspecified atom stereocenters. The lowest BCUT2D eigenvalue weighted by atomic mass is 10.1. The van der Waals surface area contributed by atoms with Gasteiger partial charge in [0.15, 0.2) is 5.96 Å². The van der Waals surface area contributed by atoms with Crippen molar-refractivity contribution >= 4 is 51.3 Å². The van der Waals surface area contributed by atoms with Crippen molar-refractivity contribution in [1.82, 2.24) is 20.3 Å². The molecule has 0 saturated carbocycles. The number of hydrogen-bond acceptors (Lipinski definition) is 5. The van der Waals surface area contributed by atoms with Gasteiger partial charge in [-0.15, -0.1) is 35.3 Å². The molecule has 0 radical (unpaired) electrons. The summed E-state index contributed by atoms with van der Waals surface area (Å²) in [6, 6.07) is 12.3. The number of rotatable bonds is 9. The van der Waals surface area contributed by atoms with E-state index in [1.165, 1.54) is 24.8 Å². The summed E-state index contributed by atoms with van der Waals surface area (Å²) in [6.45, 7) is 3.64. The molecule has 0 amide bonds. The fraction of sp³-hybridized carbons (Fsp3) is 0.476. The van der Waals surface area contributed by atoms with Crippen molar-refractivity contribution < 1.29 is 8.42 Å². The molecule has 3 rings (SSSR count). The Morgan fingerprint density at radius 2 is 1.90 bits per heavy atom. The average molecular weight is 578 g/mol. The van der Waals surface area contributed by atoms with Crippen LogP contribution in [0.2, 0.25) is 0 Å². The number of sulfonamides is 1. The summed E-state index contributed by atoms with van der Waals surface area (Å²) in [5, 5.41) is 8.94. The fourth-order valence-corrected chi connectivity index (χ4v) is 5.29. The SMILES string of the molecule is CN=C(NCc1cccc(CS(=O)(=O)NC)c1)NCC(c1cccs1)N1CCCC1.I. The van der Waals surface area contributed by atoms with E-state index in [9.17, 15) is 8.42 Å².